The molecule has 0 atom stereocenters. The molecule has 15 heavy (non-hydrogen) atoms. The van der Waals surface area contributed by atoms with E-state index in [-0.39, 0.29) is 22.9 Å². The molecule has 0 fully saturated rings. The molecule has 2 heterocycles. The molecule has 0 radical (unpaired) electrons. The van der Waals surface area contributed by atoms with E-state index in [1.54, 1.807) is 0 Å². The molecule has 2 aromatic heterocycles. The molecule has 6 nitrogen and oxygen atoms in total. The Bertz CT molecular complexity index is 515. The molecule has 5 N–H and O–H groups in total. The zero-order valence-corrected chi connectivity index (χ0v) is 7.13. The Morgan fingerprint density at radius 1 is 1.07 bits per heavy atom. The number of nitrogens with two attached hydrogens (primary N) is 2. The third kappa shape index (κ3) is 1.51. The third-order valence-corrected chi connectivity index (χ3v) is 1.66. The van der Waals surface area contributed by atoms with Gasteiger partial charge >= 0.3 is 6.18 Å². The van der Waals surface area contributed by atoms with Gasteiger partial charge in [0.1, 0.15) is 5.52 Å². The summed E-state index contributed by atoms with van der Waals surface area (Å²) < 4.78 is 36.7. The van der Waals surface area contributed by atoms with Gasteiger partial charge in [-0.25, -0.2) is 4.98 Å². The van der Waals surface area contributed by atoms with Crippen LogP contribution in [-0.4, -0.2) is 19.9 Å². The van der Waals surface area contributed by atoms with Crippen LogP contribution in [0.4, 0.5) is 24.9 Å². The summed E-state index contributed by atoms with van der Waals surface area (Å²) in [5.41, 5.74) is 10.3. The lowest BCUT2D eigenvalue weighted by Crippen LogP contribution is -2.07. The second-order valence-corrected chi connectivity index (χ2v) is 2.75. The van der Waals surface area contributed by atoms with Crippen molar-refractivity contribution < 1.29 is 13.2 Å². The van der Waals surface area contributed by atoms with E-state index in [0.717, 1.165) is 0 Å². The minimum absolute atomic E-state index is 0.0727. The number of alkyl halides is 3. The molecule has 9 heteroatoms. The van der Waals surface area contributed by atoms with Gasteiger partial charge in [0.05, 0.1) is 0 Å². The van der Waals surface area contributed by atoms with E-state index >= 15 is 0 Å². The van der Waals surface area contributed by atoms with Crippen LogP contribution in [0.2, 0.25) is 0 Å². The molecule has 80 valence electrons. The highest BCUT2D eigenvalue weighted by molar-refractivity contribution is 5.82. The topological polar surface area (TPSA) is 106 Å². The van der Waals surface area contributed by atoms with Gasteiger partial charge in [-0.2, -0.15) is 23.1 Å². The van der Waals surface area contributed by atoms with E-state index in [9.17, 15) is 13.2 Å². The summed E-state index contributed by atoms with van der Waals surface area (Å²) in [5.74, 6) is -1.56. The Hall–Kier alpha value is -2.06. The second kappa shape index (κ2) is 2.72. The van der Waals surface area contributed by atoms with E-state index in [0.29, 0.717) is 0 Å². The average molecular weight is 218 g/mol. The molecule has 2 rings (SSSR count). The molecule has 0 spiro atoms. The Morgan fingerprint density at radius 3 is 2.33 bits per heavy atom. The van der Waals surface area contributed by atoms with Crippen LogP contribution in [0, 0.1) is 0 Å². The first-order valence-corrected chi connectivity index (χ1v) is 3.74. The number of halogens is 3. The van der Waals surface area contributed by atoms with E-state index in [2.05, 4.69) is 15.0 Å². The highest BCUT2D eigenvalue weighted by atomic mass is 19.4. The van der Waals surface area contributed by atoms with Gasteiger partial charge < -0.3 is 16.5 Å². The van der Waals surface area contributed by atoms with Crippen LogP contribution >= 0.6 is 0 Å². The number of anilines is 2. The third-order valence-electron chi connectivity index (χ3n) is 1.66. The molecule has 0 amide bonds. The van der Waals surface area contributed by atoms with E-state index in [1.807, 2.05) is 4.98 Å². The van der Waals surface area contributed by atoms with Crippen molar-refractivity contribution in [2.75, 3.05) is 11.5 Å². The Kier molecular flexibility index (Phi) is 1.72. The number of hydrogen-bond acceptors (Lipinski definition) is 5. The first-order chi connectivity index (χ1) is 6.88. The zero-order chi connectivity index (χ0) is 11.2. The lowest BCUT2D eigenvalue weighted by Gasteiger charge is -1.98. The number of hydrogen-bond donors (Lipinski definition) is 3. The summed E-state index contributed by atoms with van der Waals surface area (Å²) in [6.07, 6.45) is -4.58. The molecule has 0 aliphatic carbocycles. The van der Waals surface area contributed by atoms with Crippen molar-refractivity contribution in [3.8, 4) is 0 Å². The highest BCUT2D eigenvalue weighted by Crippen LogP contribution is 2.29. The van der Waals surface area contributed by atoms with Crippen LogP contribution in [-0.2, 0) is 6.18 Å². The highest BCUT2D eigenvalue weighted by Gasteiger charge is 2.35. The number of H-pyrrole nitrogens is 1. The maximum atomic E-state index is 12.2. The number of imidazole rings is 1. The summed E-state index contributed by atoms with van der Waals surface area (Å²) in [7, 11) is 0. The second-order valence-electron chi connectivity index (χ2n) is 2.75. The van der Waals surface area contributed by atoms with E-state index in [1.165, 1.54) is 0 Å². The summed E-state index contributed by atoms with van der Waals surface area (Å²) in [6.45, 7) is 0. The SMILES string of the molecule is Nc1nc(N)c2[nH]c(C(F)(F)F)nc2n1. The molecule has 0 aromatic carbocycles. The quantitative estimate of drug-likeness (QED) is 0.598. The van der Waals surface area contributed by atoms with Crippen molar-refractivity contribution in [1.82, 2.24) is 19.9 Å². The van der Waals surface area contributed by atoms with Gasteiger partial charge in [-0.05, 0) is 0 Å². The minimum Gasteiger partial charge on any atom is -0.382 e. The fourth-order valence-corrected chi connectivity index (χ4v) is 1.07. The molecular formula is C6H5F3N6. The lowest BCUT2D eigenvalue weighted by molar-refractivity contribution is -0.144. The minimum atomic E-state index is -4.58. The Labute approximate surface area is 80.5 Å². The molecule has 0 unspecified atom stereocenters. The van der Waals surface area contributed by atoms with E-state index in [4.69, 9.17) is 11.5 Å². The number of nitrogens with one attached hydrogen (secondary N) is 1. The fraction of sp³-hybridized carbons (Fsp3) is 0.167. The molecule has 0 aliphatic heterocycles. The van der Waals surface area contributed by atoms with Gasteiger partial charge in [-0.1, -0.05) is 0 Å². The largest absolute Gasteiger partial charge is 0.449 e. The smallest absolute Gasteiger partial charge is 0.382 e. The summed E-state index contributed by atoms with van der Waals surface area (Å²) in [6, 6.07) is 0. The lowest BCUT2D eigenvalue weighted by atomic mass is 10.5. The molecule has 0 saturated heterocycles. The Balaban J connectivity index is 2.71. The normalized spacial score (nSPS) is 12.2. The van der Waals surface area contributed by atoms with Crippen molar-refractivity contribution in [3.05, 3.63) is 5.82 Å². The standard InChI is InChI=1S/C6H5F3N6/c7-6(8,9)4-12-1-2(10)13-5(11)15-3(1)14-4/h(H5,10,11,12,13,14,15). The fourth-order valence-electron chi connectivity index (χ4n) is 1.07. The van der Waals surface area contributed by atoms with Crippen molar-refractivity contribution in [3.63, 3.8) is 0 Å². The number of aromatic amines is 1. The van der Waals surface area contributed by atoms with Crippen LogP contribution in [0.1, 0.15) is 5.82 Å². The van der Waals surface area contributed by atoms with Gasteiger partial charge in [0.2, 0.25) is 11.8 Å². The number of nitrogens with zero attached hydrogens (tertiary/aromatic N) is 3. The van der Waals surface area contributed by atoms with E-state index < -0.39 is 12.0 Å². The van der Waals surface area contributed by atoms with Crippen molar-refractivity contribution in [1.29, 1.82) is 0 Å². The van der Waals surface area contributed by atoms with Gasteiger partial charge in [-0.15, -0.1) is 0 Å². The van der Waals surface area contributed by atoms with Crippen LogP contribution in [0.25, 0.3) is 11.2 Å². The Morgan fingerprint density at radius 2 is 1.73 bits per heavy atom. The molecule has 0 aliphatic rings. The molecular weight excluding hydrogens is 213 g/mol. The monoisotopic (exact) mass is 218 g/mol. The number of nitrogen functional groups attached to an aromatic ring is 2. The van der Waals surface area contributed by atoms with Gasteiger partial charge in [-0.3, -0.25) is 0 Å². The number of fused-ring (bicyclic) bond motifs is 1. The van der Waals surface area contributed by atoms with Crippen molar-refractivity contribution >= 4 is 22.9 Å². The molecule has 0 saturated carbocycles. The van der Waals surface area contributed by atoms with Crippen molar-refractivity contribution in [2.24, 2.45) is 0 Å². The summed E-state index contributed by atoms with van der Waals surface area (Å²) in [5, 5.41) is 0. The van der Waals surface area contributed by atoms with Crippen LogP contribution in [0.15, 0.2) is 0 Å². The number of rotatable bonds is 0. The maximum absolute atomic E-state index is 12.2. The van der Waals surface area contributed by atoms with Crippen molar-refractivity contribution in [2.45, 2.75) is 6.18 Å². The summed E-state index contributed by atoms with van der Waals surface area (Å²) in [4.78, 5) is 12.2. The average Bonchev–Trinajstić information content (AvgIpc) is 2.46. The van der Waals surface area contributed by atoms with Gasteiger partial charge in [0.25, 0.3) is 0 Å². The predicted octanol–water partition coefficient (Wildman–Crippen LogP) is 0.536. The van der Waals surface area contributed by atoms with Gasteiger partial charge in [0, 0.05) is 0 Å². The first kappa shape index (κ1) is 9.49. The zero-order valence-electron chi connectivity index (χ0n) is 7.13. The van der Waals surface area contributed by atoms with Crippen LogP contribution in [0.5, 0.6) is 0 Å². The first-order valence-electron chi connectivity index (χ1n) is 3.74. The summed E-state index contributed by atoms with van der Waals surface area (Å²) >= 11 is 0. The maximum Gasteiger partial charge on any atom is 0.449 e. The molecule has 2 aromatic rings. The van der Waals surface area contributed by atoms with Crippen LogP contribution in [0.3, 0.4) is 0 Å². The predicted molar refractivity (Wildman–Crippen MR) is 45.5 cm³/mol. The molecule has 0 bridgehead atoms. The van der Waals surface area contributed by atoms with Gasteiger partial charge in [0.15, 0.2) is 11.5 Å². The number of aromatic nitrogens is 4. The van der Waals surface area contributed by atoms with Crippen LogP contribution < -0.4 is 11.5 Å².